The van der Waals surface area contributed by atoms with Crippen molar-refractivity contribution in [2.24, 2.45) is 0 Å². The predicted octanol–water partition coefficient (Wildman–Crippen LogP) is 4.13. The Kier molecular flexibility index (Phi) is 8.00. The zero-order valence-electron chi connectivity index (χ0n) is 20.2. The number of benzene rings is 2. The highest BCUT2D eigenvalue weighted by Crippen LogP contribution is 2.30. The van der Waals surface area contributed by atoms with E-state index in [0.29, 0.717) is 50.8 Å². The van der Waals surface area contributed by atoms with Crippen LogP contribution in [0.25, 0.3) is 10.9 Å². The first-order valence-corrected chi connectivity index (χ1v) is 13.3. The first-order chi connectivity index (χ1) is 17.5. The monoisotopic (exact) mass is 535 g/mol. The van der Waals surface area contributed by atoms with Crippen LogP contribution in [-0.4, -0.2) is 56.6 Å². The van der Waals surface area contributed by atoms with E-state index in [0.717, 1.165) is 34.8 Å². The quantitative estimate of drug-likeness (QED) is 0.422. The molecule has 4 rings (SSSR count). The van der Waals surface area contributed by atoms with Gasteiger partial charge in [-0.1, -0.05) is 24.3 Å². The van der Waals surface area contributed by atoms with Gasteiger partial charge in [0.15, 0.2) is 0 Å². The molecule has 12 heteroatoms. The highest BCUT2D eigenvalue weighted by atomic mass is 32.2. The van der Waals surface area contributed by atoms with Crippen LogP contribution in [0.15, 0.2) is 59.5 Å². The first kappa shape index (κ1) is 26.8. The molecule has 1 fully saturated rings. The molecule has 0 bridgehead atoms. The minimum absolute atomic E-state index is 0.334. The number of sulfonamides is 1. The molecule has 1 saturated heterocycles. The van der Waals surface area contributed by atoms with Crippen LogP contribution < -0.4 is 15.4 Å². The molecule has 3 N–H and O–H groups in total. The molecule has 2 amide bonds. The molecule has 2 heterocycles. The summed E-state index contributed by atoms with van der Waals surface area (Å²) < 4.78 is 66.6. The second-order valence-electron chi connectivity index (χ2n) is 8.97. The molecule has 1 aliphatic heterocycles. The van der Waals surface area contributed by atoms with Crippen molar-refractivity contribution in [3.05, 3.63) is 65.9 Å². The molecule has 0 unspecified atom stereocenters. The highest BCUT2D eigenvalue weighted by molar-refractivity contribution is 7.89. The van der Waals surface area contributed by atoms with E-state index in [1.165, 1.54) is 0 Å². The fourth-order valence-corrected chi connectivity index (χ4v) is 5.66. The number of likely N-dealkylation sites (tertiary alicyclic amines) is 1. The van der Waals surface area contributed by atoms with Gasteiger partial charge in [0.1, 0.15) is 0 Å². The standard InChI is InChI=1S/C25H28F3N5O3S/c1-17-15-23(21-7-2-3-8-22(21)30-17)31-24(34)29-11-14-33-12-9-19(10-13-33)32-37(35,36)20-6-4-5-18(16-20)25(26,27)28/h2-8,15-16,19,32H,9-14H2,1H3,(H2,29,30,31,34). The number of fused-ring (bicyclic) bond motifs is 1. The van der Waals surface area contributed by atoms with Crippen LogP contribution in [0.3, 0.4) is 0 Å². The lowest BCUT2D eigenvalue weighted by molar-refractivity contribution is -0.137. The van der Waals surface area contributed by atoms with Gasteiger partial charge in [0.25, 0.3) is 0 Å². The third-order valence-electron chi connectivity index (χ3n) is 6.19. The van der Waals surface area contributed by atoms with Crippen molar-refractivity contribution in [2.45, 2.75) is 36.9 Å². The van der Waals surface area contributed by atoms with Gasteiger partial charge < -0.3 is 15.5 Å². The number of carbonyl (C=O) groups is 1. The van der Waals surface area contributed by atoms with Crippen molar-refractivity contribution in [1.82, 2.24) is 19.9 Å². The van der Waals surface area contributed by atoms with Gasteiger partial charge in [0.2, 0.25) is 10.0 Å². The number of hydrogen-bond acceptors (Lipinski definition) is 5. The van der Waals surface area contributed by atoms with E-state index in [9.17, 15) is 26.4 Å². The molecule has 0 aliphatic carbocycles. The number of anilines is 1. The summed E-state index contributed by atoms with van der Waals surface area (Å²) in [5.74, 6) is 0. The number of urea groups is 1. The van der Waals surface area contributed by atoms with Crippen molar-refractivity contribution in [1.29, 1.82) is 0 Å². The summed E-state index contributed by atoms with van der Waals surface area (Å²) in [5, 5.41) is 6.55. The van der Waals surface area contributed by atoms with Crippen LogP contribution >= 0.6 is 0 Å². The van der Waals surface area contributed by atoms with E-state index in [2.05, 4.69) is 25.2 Å². The lowest BCUT2D eigenvalue weighted by atomic mass is 10.1. The molecule has 1 aliphatic rings. The normalized spacial score (nSPS) is 15.6. The number of hydrogen-bond donors (Lipinski definition) is 3. The maximum absolute atomic E-state index is 12.9. The van der Waals surface area contributed by atoms with E-state index >= 15 is 0 Å². The Morgan fingerprint density at radius 3 is 2.54 bits per heavy atom. The minimum Gasteiger partial charge on any atom is -0.337 e. The number of amides is 2. The average Bonchev–Trinajstić information content (AvgIpc) is 2.84. The lowest BCUT2D eigenvalue weighted by Crippen LogP contribution is -2.46. The number of para-hydroxylation sites is 1. The first-order valence-electron chi connectivity index (χ1n) is 11.8. The van der Waals surface area contributed by atoms with E-state index in [-0.39, 0.29) is 12.1 Å². The van der Waals surface area contributed by atoms with Gasteiger partial charge in [-0.2, -0.15) is 13.2 Å². The Balaban J connectivity index is 1.23. The summed E-state index contributed by atoms with van der Waals surface area (Å²) in [4.78, 5) is 18.6. The van der Waals surface area contributed by atoms with Crippen LogP contribution in [-0.2, 0) is 16.2 Å². The zero-order valence-corrected chi connectivity index (χ0v) is 21.0. The van der Waals surface area contributed by atoms with Crippen molar-refractivity contribution in [3.8, 4) is 0 Å². The minimum atomic E-state index is -4.62. The number of aromatic nitrogens is 1. The molecular weight excluding hydrogens is 507 g/mol. The number of carbonyl (C=O) groups excluding carboxylic acids is 1. The molecule has 8 nitrogen and oxygen atoms in total. The number of halogens is 3. The van der Waals surface area contributed by atoms with E-state index in [1.807, 2.05) is 37.3 Å². The maximum Gasteiger partial charge on any atom is 0.416 e. The van der Waals surface area contributed by atoms with Gasteiger partial charge in [-0.15, -0.1) is 0 Å². The molecule has 0 spiro atoms. The SMILES string of the molecule is Cc1cc(NC(=O)NCCN2CCC(NS(=O)(=O)c3cccc(C(F)(F)F)c3)CC2)c2ccccc2n1. The van der Waals surface area contributed by atoms with Gasteiger partial charge in [0, 0.05) is 30.2 Å². The molecule has 198 valence electrons. The Morgan fingerprint density at radius 2 is 1.81 bits per heavy atom. The van der Waals surface area contributed by atoms with E-state index in [4.69, 9.17) is 0 Å². The molecule has 1 aromatic heterocycles. The van der Waals surface area contributed by atoms with Gasteiger partial charge in [-0.05, 0) is 63.2 Å². The molecule has 0 saturated carbocycles. The summed E-state index contributed by atoms with van der Waals surface area (Å²) >= 11 is 0. The van der Waals surface area contributed by atoms with Crippen molar-refractivity contribution in [2.75, 3.05) is 31.5 Å². The number of nitrogens with zero attached hydrogens (tertiary/aromatic N) is 2. The number of piperidine rings is 1. The number of alkyl halides is 3. The van der Waals surface area contributed by atoms with E-state index in [1.54, 1.807) is 0 Å². The molecule has 37 heavy (non-hydrogen) atoms. The Hall–Kier alpha value is -3.22. The number of rotatable bonds is 7. The lowest BCUT2D eigenvalue weighted by Gasteiger charge is -2.32. The van der Waals surface area contributed by atoms with Crippen LogP contribution in [0.4, 0.5) is 23.7 Å². The van der Waals surface area contributed by atoms with Crippen LogP contribution in [0, 0.1) is 6.92 Å². The number of pyridine rings is 1. The van der Waals surface area contributed by atoms with Crippen LogP contribution in [0.5, 0.6) is 0 Å². The molecule has 3 aromatic rings. The summed E-state index contributed by atoms with van der Waals surface area (Å²) in [6, 6.07) is 12.4. The largest absolute Gasteiger partial charge is 0.416 e. The van der Waals surface area contributed by atoms with E-state index < -0.39 is 26.7 Å². The Labute approximate surface area is 213 Å². The number of nitrogens with one attached hydrogen (secondary N) is 3. The summed E-state index contributed by atoms with van der Waals surface area (Å²) in [7, 11) is -4.08. The molecule has 0 atom stereocenters. The van der Waals surface area contributed by atoms with Crippen molar-refractivity contribution >= 4 is 32.6 Å². The van der Waals surface area contributed by atoms with Gasteiger partial charge in [-0.25, -0.2) is 17.9 Å². The zero-order chi connectivity index (χ0) is 26.6. The summed E-state index contributed by atoms with van der Waals surface area (Å²) in [5.41, 5.74) is 1.26. The fourth-order valence-electron chi connectivity index (χ4n) is 4.31. The molecule has 2 aromatic carbocycles. The van der Waals surface area contributed by atoms with Crippen molar-refractivity contribution < 1.29 is 26.4 Å². The van der Waals surface area contributed by atoms with Gasteiger partial charge >= 0.3 is 12.2 Å². The number of aryl methyl sites for hydroxylation is 1. The topological polar surface area (TPSA) is 103 Å². The highest BCUT2D eigenvalue weighted by Gasteiger charge is 2.32. The fraction of sp³-hybridized carbons (Fsp3) is 0.360. The van der Waals surface area contributed by atoms with Gasteiger partial charge in [0.05, 0.1) is 21.7 Å². The van der Waals surface area contributed by atoms with Crippen LogP contribution in [0.1, 0.15) is 24.1 Å². The summed E-state index contributed by atoms with van der Waals surface area (Å²) in [6.07, 6.45) is -3.60. The third-order valence-corrected chi connectivity index (χ3v) is 7.71. The Bertz CT molecular complexity index is 1370. The molecule has 0 radical (unpaired) electrons. The third kappa shape index (κ3) is 6.96. The Morgan fingerprint density at radius 1 is 1.08 bits per heavy atom. The second-order valence-corrected chi connectivity index (χ2v) is 10.7. The van der Waals surface area contributed by atoms with Crippen LogP contribution in [0.2, 0.25) is 0 Å². The second kappa shape index (κ2) is 11.0. The molecular formula is C25H28F3N5O3S. The van der Waals surface area contributed by atoms with Crippen molar-refractivity contribution in [3.63, 3.8) is 0 Å². The van der Waals surface area contributed by atoms with Gasteiger partial charge in [-0.3, -0.25) is 4.98 Å². The maximum atomic E-state index is 12.9. The summed E-state index contributed by atoms with van der Waals surface area (Å²) in [6.45, 7) is 4.02. The smallest absolute Gasteiger partial charge is 0.337 e. The predicted molar refractivity (Wildman–Crippen MR) is 135 cm³/mol. The average molecular weight is 536 g/mol.